The van der Waals surface area contributed by atoms with Gasteiger partial charge in [0.2, 0.25) is 5.13 Å². The van der Waals surface area contributed by atoms with Gasteiger partial charge in [-0.15, -0.1) is 10.2 Å². The normalized spacial score (nSPS) is 14.0. The summed E-state index contributed by atoms with van der Waals surface area (Å²) in [4.78, 5) is 1.66. The molecule has 1 aromatic heterocycles. The lowest BCUT2D eigenvalue weighted by atomic mass is 10.1. The standard InChI is InChI=1S/C15H20ClFN4O2S/c1-3-21(8-9(2)22)15(23)18-14-20-19-13(24-14)7-10-6-11(16)4-5-12(10)17/h4-6,9,15,22-23H,3,7-8H2,1-2H3,(H,18,20)/t9-,15?/m0/s1. The molecule has 1 aromatic carbocycles. The maximum Gasteiger partial charge on any atom is 0.208 e. The van der Waals surface area contributed by atoms with E-state index in [0.717, 1.165) is 0 Å². The molecule has 2 rings (SSSR count). The summed E-state index contributed by atoms with van der Waals surface area (Å²) in [5, 5.41) is 31.8. The maximum atomic E-state index is 13.8. The fourth-order valence-electron chi connectivity index (χ4n) is 2.17. The van der Waals surface area contributed by atoms with Crippen molar-refractivity contribution in [2.75, 3.05) is 18.4 Å². The Bertz CT molecular complexity index is 671. The number of hydrogen-bond acceptors (Lipinski definition) is 7. The van der Waals surface area contributed by atoms with E-state index in [1.54, 1.807) is 17.9 Å². The second-order valence-electron chi connectivity index (χ2n) is 5.37. The zero-order valence-corrected chi connectivity index (χ0v) is 15.0. The molecule has 1 heterocycles. The number of anilines is 1. The maximum absolute atomic E-state index is 13.8. The van der Waals surface area contributed by atoms with E-state index < -0.39 is 12.5 Å². The molecule has 0 spiro atoms. The van der Waals surface area contributed by atoms with Crippen molar-refractivity contribution in [1.29, 1.82) is 0 Å². The highest BCUT2D eigenvalue weighted by atomic mass is 35.5. The number of benzene rings is 1. The number of aliphatic hydroxyl groups is 2. The number of halogens is 2. The zero-order valence-electron chi connectivity index (χ0n) is 13.4. The largest absolute Gasteiger partial charge is 0.392 e. The first-order chi connectivity index (χ1) is 11.4. The van der Waals surface area contributed by atoms with Gasteiger partial charge in [0.1, 0.15) is 10.8 Å². The molecule has 0 saturated carbocycles. The Hall–Kier alpha value is -1.32. The average molecular weight is 375 g/mol. The molecule has 6 nitrogen and oxygen atoms in total. The van der Waals surface area contributed by atoms with Gasteiger partial charge in [0.15, 0.2) is 6.35 Å². The molecule has 0 amide bonds. The Morgan fingerprint density at radius 1 is 1.38 bits per heavy atom. The van der Waals surface area contributed by atoms with Crippen LogP contribution in [-0.4, -0.2) is 50.9 Å². The van der Waals surface area contributed by atoms with Crippen molar-refractivity contribution in [2.45, 2.75) is 32.7 Å². The van der Waals surface area contributed by atoms with Crippen LogP contribution in [0, 0.1) is 5.82 Å². The minimum Gasteiger partial charge on any atom is -0.392 e. The fraction of sp³-hybridized carbons (Fsp3) is 0.467. The summed E-state index contributed by atoms with van der Waals surface area (Å²) >= 11 is 7.10. The Balaban J connectivity index is 2.01. The molecule has 0 radical (unpaired) electrons. The predicted octanol–water partition coefficient (Wildman–Crippen LogP) is 2.31. The quantitative estimate of drug-likeness (QED) is 0.615. The van der Waals surface area contributed by atoms with Crippen LogP contribution in [0.25, 0.3) is 0 Å². The predicted molar refractivity (Wildman–Crippen MR) is 92.7 cm³/mol. The summed E-state index contributed by atoms with van der Waals surface area (Å²) in [6.07, 6.45) is -1.28. The van der Waals surface area contributed by atoms with Crippen LogP contribution in [0.3, 0.4) is 0 Å². The molecule has 0 aliphatic carbocycles. The summed E-state index contributed by atoms with van der Waals surface area (Å²) in [7, 11) is 0. The molecule has 2 atom stereocenters. The third kappa shape index (κ3) is 5.35. The van der Waals surface area contributed by atoms with Crippen molar-refractivity contribution in [3.8, 4) is 0 Å². The van der Waals surface area contributed by atoms with Crippen LogP contribution in [0.5, 0.6) is 0 Å². The van der Waals surface area contributed by atoms with Crippen molar-refractivity contribution in [3.63, 3.8) is 0 Å². The molecular weight excluding hydrogens is 355 g/mol. The van der Waals surface area contributed by atoms with E-state index in [2.05, 4.69) is 15.5 Å². The molecule has 0 fully saturated rings. The Labute approximate surface area is 148 Å². The van der Waals surface area contributed by atoms with E-state index in [1.165, 1.54) is 23.5 Å². The number of hydrogen-bond donors (Lipinski definition) is 3. The minimum atomic E-state index is -0.992. The van der Waals surface area contributed by atoms with Crippen molar-refractivity contribution < 1.29 is 14.6 Å². The lowest BCUT2D eigenvalue weighted by Gasteiger charge is -2.27. The van der Waals surface area contributed by atoms with Gasteiger partial charge < -0.3 is 15.5 Å². The van der Waals surface area contributed by atoms with Crippen LogP contribution in [0.15, 0.2) is 18.2 Å². The molecule has 24 heavy (non-hydrogen) atoms. The monoisotopic (exact) mass is 374 g/mol. The van der Waals surface area contributed by atoms with E-state index in [4.69, 9.17) is 11.6 Å². The van der Waals surface area contributed by atoms with Gasteiger partial charge in [0, 0.05) is 18.0 Å². The van der Waals surface area contributed by atoms with Crippen LogP contribution in [0.2, 0.25) is 5.02 Å². The number of aliphatic hydroxyl groups excluding tert-OH is 2. The topological polar surface area (TPSA) is 81.5 Å². The molecule has 9 heteroatoms. The summed E-state index contributed by atoms with van der Waals surface area (Å²) in [6, 6.07) is 4.36. The molecule has 132 valence electrons. The lowest BCUT2D eigenvalue weighted by molar-refractivity contribution is 0.00241. The SMILES string of the molecule is CCN(C[C@H](C)O)C(O)Nc1nnc(Cc2cc(Cl)ccc2F)s1. The Kier molecular flexibility index (Phi) is 6.88. The summed E-state index contributed by atoms with van der Waals surface area (Å²) in [5.74, 6) is -0.349. The Morgan fingerprint density at radius 2 is 2.12 bits per heavy atom. The minimum absolute atomic E-state index is 0.271. The number of rotatable bonds is 8. The fourth-order valence-corrected chi connectivity index (χ4v) is 3.14. The number of nitrogens with one attached hydrogen (secondary N) is 1. The average Bonchev–Trinajstić information content (AvgIpc) is 2.95. The van der Waals surface area contributed by atoms with Crippen LogP contribution in [0.4, 0.5) is 9.52 Å². The summed E-state index contributed by atoms with van der Waals surface area (Å²) in [6.45, 7) is 4.40. The molecule has 0 aliphatic rings. The lowest BCUT2D eigenvalue weighted by Crippen LogP contribution is -2.44. The van der Waals surface area contributed by atoms with Gasteiger partial charge in [-0.1, -0.05) is 29.9 Å². The van der Waals surface area contributed by atoms with E-state index >= 15 is 0 Å². The van der Waals surface area contributed by atoms with Crippen LogP contribution >= 0.6 is 22.9 Å². The first-order valence-electron chi connectivity index (χ1n) is 7.52. The van der Waals surface area contributed by atoms with E-state index in [0.29, 0.717) is 33.8 Å². The van der Waals surface area contributed by atoms with Crippen molar-refractivity contribution >= 4 is 28.1 Å². The Morgan fingerprint density at radius 3 is 2.79 bits per heavy atom. The number of likely N-dealkylation sites (N-methyl/N-ethyl adjacent to an activating group) is 1. The van der Waals surface area contributed by atoms with Gasteiger partial charge in [-0.25, -0.2) is 4.39 Å². The molecule has 0 aliphatic heterocycles. The highest BCUT2D eigenvalue weighted by molar-refractivity contribution is 7.15. The van der Waals surface area contributed by atoms with E-state index in [-0.39, 0.29) is 12.2 Å². The van der Waals surface area contributed by atoms with Crippen molar-refractivity contribution in [2.24, 2.45) is 0 Å². The highest BCUT2D eigenvalue weighted by Gasteiger charge is 2.17. The zero-order chi connectivity index (χ0) is 17.7. The second-order valence-corrected chi connectivity index (χ2v) is 6.87. The molecule has 0 saturated heterocycles. The van der Waals surface area contributed by atoms with Crippen LogP contribution in [0.1, 0.15) is 24.4 Å². The molecule has 1 unspecified atom stereocenters. The highest BCUT2D eigenvalue weighted by Crippen LogP contribution is 2.22. The molecule has 0 bridgehead atoms. The van der Waals surface area contributed by atoms with Crippen molar-refractivity contribution in [3.05, 3.63) is 39.6 Å². The molecule has 3 N–H and O–H groups in total. The second kappa shape index (κ2) is 8.68. The third-order valence-corrected chi connectivity index (χ3v) is 4.41. The van der Waals surface area contributed by atoms with E-state index in [1.807, 2.05) is 6.92 Å². The van der Waals surface area contributed by atoms with Crippen molar-refractivity contribution in [1.82, 2.24) is 15.1 Å². The first kappa shape index (κ1) is 19.0. The van der Waals surface area contributed by atoms with Crippen LogP contribution < -0.4 is 5.32 Å². The van der Waals surface area contributed by atoms with Gasteiger partial charge >= 0.3 is 0 Å². The van der Waals surface area contributed by atoms with Gasteiger partial charge in [0.05, 0.1) is 6.10 Å². The van der Waals surface area contributed by atoms with E-state index in [9.17, 15) is 14.6 Å². The van der Waals surface area contributed by atoms with Gasteiger partial charge in [-0.3, -0.25) is 4.90 Å². The molecular formula is C15H20ClFN4O2S. The third-order valence-electron chi connectivity index (χ3n) is 3.32. The summed E-state index contributed by atoms with van der Waals surface area (Å²) < 4.78 is 13.8. The van der Waals surface area contributed by atoms with Gasteiger partial charge in [-0.2, -0.15) is 0 Å². The number of aromatic nitrogens is 2. The first-order valence-corrected chi connectivity index (χ1v) is 8.71. The summed E-state index contributed by atoms with van der Waals surface area (Å²) in [5.41, 5.74) is 0.440. The van der Waals surface area contributed by atoms with Gasteiger partial charge in [0.25, 0.3) is 0 Å². The number of nitrogens with zero attached hydrogens (tertiary/aromatic N) is 3. The molecule has 2 aromatic rings. The van der Waals surface area contributed by atoms with Gasteiger partial charge in [-0.05, 0) is 37.2 Å². The smallest absolute Gasteiger partial charge is 0.208 e. The van der Waals surface area contributed by atoms with Crippen LogP contribution in [-0.2, 0) is 6.42 Å².